The summed E-state index contributed by atoms with van der Waals surface area (Å²) >= 11 is 6.12. The average Bonchev–Trinajstić information content (AvgIpc) is 2.97. The minimum absolute atomic E-state index is 0.613. The summed E-state index contributed by atoms with van der Waals surface area (Å²) in [4.78, 5) is 0. The van der Waals surface area contributed by atoms with Crippen molar-refractivity contribution in [1.82, 2.24) is 10.2 Å². The standard InChI is InChI=1S/C12H12ClN3/c13-10-4-2-1-3-9(10)11-7-12(16-15-11)14-8-5-6-8/h1-4,7-8H,5-6H2,(H2,14,15,16). The van der Waals surface area contributed by atoms with E-state index in [9.17, 15) is 0 Å². The number of nitrogens with zero attached hydrogens (tertiary/aromatic N) is 1. The quantitative estimate of drug-likeness (QED) is 0.854. The molecule has 1 aliphatic rings. The zero-order chi connectivity index (χ0) is 11.0. The number of benzene rings is 1. The monoisotopic (exact) mass is 233 g/mol. The van der Waals surface area contributed by atoms with Crippen molar-refractivity contribution in [1.29, 1.82) is 0 Å². The summed E-state index contributed by atoms with van der Waals surface area (Å²) in [6, 6.07) is 10.4. The lowest BCUT2D eigenvalue weighted by molar-refractivity contribution is 1.05. The lowest BCUT2D eigenvalue weighted by Gasteiger charge is -1.99. The number of rotatable bonds is 3. The third kappa shape index (κ3) is 1.91. The van der Waals surface area contributed by atoms with Crippen molar-refractivity contribution in [2.45, 2.75) is 18.9 Å². The molecule has 0 unspecified atom stereocenters. The van der Waals surface area contributed by atoms with Crippen LogP contribution in [0.15, 0.2) is 30.3 Å². The van der Waals surface area contributed by atoms with E-state index in [1.165, 1.54) is 12.8 Å². The van der Waals surface area contributed by atoms with Gasteiger partial charge in [0.15, 0.2) is 0 Å². The number of anilines is 1. The molecule has 0 bridgehead atoms. The second kappa shape index (κ2) is 3.83. The highest BCUT2D eigenvalue weighted by Crippen LogP contribution is 2.29. The molecule has 0 amide bonds. The first-order valence-electron chi connectivity index (χ1n) is 5.40. The molecular formula is C12H12ClN3. The summed E-state index contributed by atoms with van der Waals surface area (Å²) in [6.07, 6.45) is 2.49. The first-order chi connectivity index (χ1) is 7.83. The molecule has 1 aromatic heterocycles. The van der Waals surface area contributed by atoms with Crippen molar-refractivity contribution in [3.05, 3.63) is 35.4 Å². The van der Waals surface area contributed by atoms with Gasteiger partial charge in [0, 0.05) is 22.7 Å². The molecule has 0 radical (unpaired) electrons. The third-order valence-electron chi connectivity index (χ3n) is 2.67. The maximum absolute atomic E-state index is 6.12. The number of H-pyrrole nitrogens is 1. The molecule has 82 valence electrons. The zero-order valence-electron chi connectivity index (χ0n) is 8.70. The SMILES string of the molecule is Clc1ccccc1-c1cc(NC2CC2)n[nH]1. The van der Waals surface area contributed by atoms with Crippen LogP contribution >= 0.6 is 11.6 Å². The number of nitrogens with one attached hydrogen (secondary N) is 2. The van der Waals surface area contributed by atoms with Crippen LogP contribution in [0, 0.1) is 0 Å². The molecule has 3 nitrogen and oxygen atoms in total. The summed E-state index contributed by atoms with van der Waals surface area (Å²) in [7, 11) is 0. The fraction of sp³-hybridized carbons (Fsp3) is 0.250. The number of aromatic nitrogens is 2. The number of halogens is 1. The van der Waals surface area contributed by atoms with Gasteiger partial charge in [0.25, 0.3) is 0 Å². The van der Waals surface area contributed by atoms with E-state index < -0.39 is 0 Å². The lowest BCUT2D eigenvalue weighted by atomic mass is 10.1. The van der Waals surface area contributed by atoms with Crippen molar-refractivity contribution in [3.8, 4) is 11.3 Å². The number of hydrogen-bond acceptors (Lipinski definition) is 2. The second-order valence-electron chi connectivity index (χ2n) is 4.07. The Bertz CT molecular complexity index is 502. The Morgan fingerprint density at radius 2 is 2.12 bits per heavy atom. The van der Waals surface area contributed by atoms with E-state index in [0.717, 1.165) is 22.1 Å². The molecule has 16 heavy (non-hydrogen) atoms. The molecule has 1 aromatic carbocycles. The highest BCUT2D eigenvalue weighted by molar-refractivity contribution is 6.33. The van der Waals surface area contributed by atoms with Gasteiger partial charge >= 0.3 is 0 Å². The topological polar surface area (TPSA) is 40.7 Å². The molecule has 0 saturated heterocycles. The first kappa shape index (κ1) is 9.73. The van der Waals surface area contributed by atoms with E-state index in [1.54, 1.807) is 0 Å². The van der Waals surface area contributed by atoms with Crippen LogP contribution in [0.4, 0.5) is 5.82 Å². The molecule has 1 fully saturated rings. The molecule has 4 heteroatoms. The van der Waals surface area contributed by atoms with Gasteiger partial charge in [-0.15, -0.1) is 0 Å². The Morgan fingerprint density at radius 3 is 2.88 bits per heavy atom. The van der Waals surface area contributed by atoms with Crippen molar-refractivity contribution in [3.63, 3.8) is 0 Å². The average molecular weight is 234 g/mol. The summed E-state index contributed by atoms with van der Waals surface area (Å²) in [6.45, 7) is 0. The van der Waals surface area contributed by atoms with Gasteiger partial charge in [-0.2, -0.15) is 5.10 Å². The maximum Gasteiger partial charge on any atom is 0.148 e. The van der Waals surface area contributed by atoms with Crippen LogP contribution in [-0.4, -0.2) is 16.2 Å². The lowest BCUT2D eigenvalue weighted by Crippen LogP contribution is -2.00. The fourth-order valence-corrected chi connectivity index (χ4v) is 1.89. The Morgan fingerprint density at radius 1 is 1.31 bits per heavy atom. The van der Waals surface area contributed by atoms with Gasteiger partial charge in [-0.25, -0.2) is 0 Å². The van der Waals surface area contributed by atoms with E-state index in [2.05, 4.69) is 15.5 Å². The van der Waals surface area contributed by atoms with Crippen LogP contribution in [0.3, 0.4) is 0 Å². The molecule has 3 rings (SSSR count). The number of hydrogen-bond donors (Lipinski definition) is 2. The largest absolute Gasteiger partial charge is 0.366 e. The molecule has 1 saturated carbocycles. The van der Waals surface area contributed by atoms with Gasteiger partial charge < -0.3 is 5.32 Å². The van der Waals surface area contributed by atoms with Gasteiger partial charge in [0.1, 0.15) is 5.82 Å². The summed E-state index contributed by atoms with van der Waals surface area (Å²) in [5.41, 5.74) is 1.94. The van der Waals surface area contributed by atoms with E-state index in [1.807, 2.05) is 30.3 Å². The summed E-state index contributed by atoms with van der Waals surface area (Å²) in [5.74, 6) is 0.900. The van der Waals surface area contributed by atoms with Crippen molar-refractivity contribution < 1.29 is 0 Å². The molecule has 0 spiro atoms. The molecule has 1 heterocycles. The van der Waals surface area contributed by atoms with Crippen LogP contribution in [-0.2, 0) is 0 Å². The fourth-order valence-electron chi connectivity index (χ4n) is 1.65. The first-order valence-corrected chi connectivity index (χ1v) is 5.77. The Labute approximate surface area is 98.8 Å². The van der Waals surface area contributed by atoms with Gasteiger partial charge in [0.05, 0.1) is 5.69 Å². The van der Waals surface area contributed by atoms with Crippen LogP contribution in [0.25, 0.3) is 11.3 Å². The minimum atomic E-state index is 0.613. The molecular weight excluding hydrogens is 222 g/mol. The Balaban J connectivity index is 1.88. The van der Waals surface area contributed by atoms with Crippen LogP contribution in [0.1, 0.15) is 12.8 Å². The van der Waals surface area contributed by atoms with Gasteiger partial charge in [0.2, 0.25) is 0 Å². The minimum Gasteiger partial charge on any atom is -0.366 e. The third-order valence-corrected chi connectivity index (χ3v) is 3.00. The summed E-state index contributed by atoms with van der Waals surface area (Å²) < 4.78 is 0. The van der Waals surface area contributed by atoms with Gasteiger partial charge in [-0.05, 0) is 18.9 Å². The normalized spacial score (nSPS) is 15.1. The molecule has 1 aliphatic carbocycles. The molecule has 2 aromatic rings. The van der Waals surface area contributed by atoms with Crippen molar-refractivity contribution in [2.75, 3.05) is 5.32 Å². The van der Waals surface area contributed by atoms with Gasteiger partial charge in [-0.3, -0.25) is 5.10 Å². The number of aromatic amines is 1. The van der Waals surface area contributed by atoms with E-state index in [4.69, 9.17) is 11.6 Å². The zero-order valence-corrected chi connectivity index (χ0v) is 9.46. The van der Waals surface area contributed by atoms with Crippen LogP contribution in [0.2, 0.25) is 5.02 Å². The predicted molar refractivity (Wildman–Crippen MR) is 65.7 cm³/mol. The van der Waals surface area contributed by atoms with Gasteiger partial charge in [-0.1, -0.05) is 29.8 Å². The predicted octanol–water partition coefficient (Wildman–Crippen LogP) is 3.30. The second-order valence-corrected chi connectivity index (χ2v) is 4.47. The van der Waals surface area contributed by atoms with E-state index in [-0.39, 0.29) is 0 Å². The smallest absolute Gasteiger partial charge is 0.148 e. The Hall–Kier alpha value is -1.48. The van der Waals surface area contributed by atoms with E-state index >= 15 is 0 Å². The summed E-state index contributed by atoms with van der Waals surface area (Å²) in [5, 5.41) is 11.3. The molecule has 2 N–H and O–H groups in total. The Kier molecular flexibility index (Phi) is 2.33. The van der Waals surface area contributed by atoms with Crippen molar-refractivity contribution in [2.24, 2.45) is 0 Å². The van der Waals surface area contributed by atoms with Crippen LogP contribution < -0.4 is 5.32 Å². The van der Waals surface area contributed by atoms with E-state index in [0.29, 0.717) is 6.04 Å². The molecule has 0 aliphatic heterocycles. The highest BCUT2D eigenvalue weighted by atomic mass is 35.5. The van der Waals surface area contributed by atoms with Crippen LogP contribution in [0.5, 0.6) is 0 Å². The maximum atomic E-state index is 6.12. The molecule has 0 atom stereocenters. The highest BCUT2D eigenvalue weighted by Gasteiger charge is 2.21. The van der Waals surface area contributed by atoms with Crippen molar-refractivity contribution >= 4 is 17.4 Å².